The van der Waals surface area contributed by atoms with Gasteiger partial charge in [-0.2, -0.15) is 0 Å². The van der Waals surface area contributed by atoms with Gasteiger partial charge in [0.2, 0.25) is 5.91 Å². The number of aromatic nitrogens is 2. The van der Waals surface area contributed by atoms with Crippen molar-refractivity contribution in [3.05, 3.63) is 129 Å². The van der Waals surface area contributed by atoms with Crippen molar-refractivity contribution in [3.8, 4) is 0 Å². The van der Waals surface area contributed by atoms with Crippen LogP contribution in [0.2, 0.25) is 0 Å². The van der Waals surface area contributed by atoms with Gasteiger partial charge in [0.15, 0.2) is 5.16 Å². The molecule has 4 aromatic rings. The summed E-state index contributed by atoms with van der Waals surface area (Å²) >= 11 is 1.49. The normalized spacial score (nSPS) is 14.1. The minimum absolute atomic E-state index is 0.0271. The zero-order chi connectivity index (χ0) is 26.3. The van der Waals surface area contributed by atoms with Gasteiger partial charge in [-0.15, -0.1) is 0 Å². The number of aromatic amines is 1. The highest BCUT2D eigenvalue weighted by atomic mass is 32.2. The lowest BCUT2D eigenvalue weighted by Crippen LogP contribution is -2.50. The van der Waals surface area contributed by atoms with Crippen LogP contribution < -0.4 is 5.56 Å². The van der Waals surface area contributed by atoms with Crippen LogP contribution in [0.25, 0.3) is 0 Å². The summed E-state index contributed by atoms with van der Waals surface area (Å²) in [5, 5.41) is 0.578. The molecular formula is C31H32N4O2S. The van der Waals surface area contributed by atoms with E-state index in [9.17, 15) is 9.59 Å². The first kappa shape index (κ1) is 25.9. The number of amides is 1. The Bertz CT molecular complexity index is 1360. The molecule has 7 heteroatoms. The minimum Gasteiger partial charge on any atom is -0.340 e. The summed E-state index contributed by atoms with van der Waals surface area (Å²) in [5.41, 5.74) is 4.50. The zero-order valence-corrected chi connectivity index (χ0v) is 22.4. The summed E-state index contributed by atoms with van der Waals surface area (Å²) < 4.78 is 0. The van der Waals surface area contributed by atoms with Crippen LogP contribution >= 0.6 is 11.8 Å². The lowest BCUT2D eigenvalue weighted by Gasteiger charge is -2.39. The number of hydrogen-bond donors (Lipinski definition) is 1. The first-order chi connectivity index (χ1) is 18.6. The van der Waals surface area contributed by atoms with E-state index in [0.717, 1.165) is 24.4 Å². The molecule has 6 nitrogen and oxygen atoms in total. The average Bonchev–Trinajstić information content (AvgIpc) is 2.96. The largest absolute Gasteiger partial charge is 0.340 e. The number of carbonyl (C=O) groups is 1. The number of H-pyrrole nitrogens is 1. The molecule has 5 rings (SSSR count). The molecule has 1 aromatic heterocycles. The van der Waals surface area contributed by atoms with Gasteiger partial charge >= 0.3 is 0 Å². The SMILES string of the molecule is Cc1nc(SCc2ccccc2)[nH]c(=O)c1CC(=O)N1CCN(C(c2ccccc2)c2ccccc2)CC1. The molecule has 0 radical (unpaired) electrons. The lowest BCUT2D eigenvalue weighted by molar-refractivity contribution is -0.132. The third-order valence-corrected chi connectivity index (χ3v) is 7.95. The highest BCUT2D eigenvalue weighted by Crippen LogP contribution is 2.29. The molecule has 1 fully saturated rings. The zero-order valence-electron chi connectivity index (χ0n) is 21.5. The maximum absolute atomic E-state index is 13.2. The molecule has 1 saturated heterocycles. The number of benzene rings is 3. The summed E-state index contributed by atoms with van der Waals surface area (Å²) in [5.74, 6) is 0.694. The molecule has 194 valence electrons. The number of piperazine rings is 1. The van der Waals surface area contributed by atoms with Gasteiger partial charge in [-0.25, -0.2) is 4.98 Å². The second kappa shape index (κ2) is 12.2. The Hall–Kier alpha value is -3.68. The number of nitrogens with zero attached hydrogens (tertiary/aromatic N) is 3. The number of carbonyl (C=O) groups excluding carboxylic acids is 1. The quantitative estimate of drug-likeness (QED) is 0.264. The topological polar surface area (TPSA) is 69.3 Å². The fraction of sp³-hybridized carbons (Fsp3) is 0.258. The van der Waals surface area contributed by atoms with Crippen LogP contribution in [0.4, 0.5) is 0 Å². The molecule has 0 bridgehead atoms. The predicted molar refractivity (Wildman–Crippen MR) is 152 cm³/mol. The smallest absolute Gasteiger partial charge is 0.255 e. The molecular weight excluding hydrogens is 492 g/mol. The highest BCUT2D eigenvalue weighted by molar-refractivity contribution is 7.98. The number of nitrogens with one attached hydrogen (secondary N) is 1. The van der Waals surface area contributed by atoms with Gasteiger partial charge in [-0.3, -0.25) is 14.5 Å². The van der Waals surface area contributed by atoms with Gasteiger partial charge in [-0.1, -0.05) is 103 Å². The fourth-order valence-electron chi connectivity index (χ4n) is 4.96. The summed E-state index contributed by atoms with van der Waals surface area (Å²) in [6.45, 7) is 4.60. The van der Waals surface area contributed by atoms with Crippen molar-refractivity contribution in [2.24, 2.45) is 0 Å². The molecule has 2 heterocycles. The van der Waals surface area contributed by atoms with Crippen molar-refractivity contribution in [1.82, 2.24) is 19.8 Å². The van der Waals surface area contributed by atoms with E-state index < -0.39 is 0 Å². The number of rotatable bonds is 8. The summed E-state index contributed by atoms with van der Waals surface area (Å²) in [4.78, 5) is 37.8. The van der Waals surface area contributed by atoms with Crippen molar-refractivity contribution in [3.63, 3.8) is 0 Å². The van der Waals surface area contributed by atoms with E-state index in [-0.39, 0.29) is 23.9 Å². The van der Waals surface area contributed by atoms with Crippen LogP contribution in [0.3, 0.4) is 0 Å². The van der Waals surface area contributed by atoms with Gasteiger partial charge < -0.3 is 9.88 Å². The summed E-state index contributed by atoms with van der Waals surface area (Å²) in [6, 6.07) is 31.2. The predicted octanol–water partition coefficient (Wildman–Crippen LogP) is 4.85. The standard InChI is InChI=1S/C31H32N4O2S/c1-23-27(30(37)33-31(32-23)38-22-24-11-5-2-6-12-24)21-28(36)34-17-19-35(20-18-34)29(25-13-7-3-8-14-25)26-15-9-4-10-16-26/h2-16,29H,17-22H2,1H3,(H,32,33,37). The highest BCUT2D eigenvalue weighted by Gasteiger charge is 2.28. The van der Waals surface area contributed by atoms with Crippen molar-refractivity contribution in [2.45, 2.75) is 30.3 Å². The molecule has 1 amide bonds. The summed E-state index contributed by atoms with van der Waals surface area (Å²) in [7, 11) is 0. The number of hydrogen-bond acceptors (Lipinski definition) is 5. The van der Waals surface area contributed by atoms with Crippen molar-refractivity contribution >= 4 is 17.7 Å². The lowest BCUT2D eigenvalue weighted by atomic mass is 9.96. The van der Waals surface area contributed by atoms with Crippen molar-refractivity contribution < 1.29 is 4.79 Å². The second-order valence-corrected chi connectivity index (χ2v) is 10.5. The van der Waals surface area contributed by atoms with E-state index in [2.05, 4.69) is 63.4 Å². The molecule has 0 aliphatic carbocycles. The maximum atomic E-state index is 13.2. The van der Waals surface area contributed by atoms with Gasteiger partial charge in [0, 0.05) is 43.2 Å². The van der Waals surface area contributed by atoms with E-state index in [1.54, 1.807) is 0 Å². The van der Waals surface area contributed by atoms with Crippen LogP contribution in [0.15, 0.2) is 101 Å². The third-order valence-electron chi connectivity index (χ3n) is 7.01. The Morgan fingerprint density at radius 2 is 1.42 bits per heavy atom. The maximum Gasteiger partial charge on any atom is 0.255 e. The molecule has 0 unspecified atom stereocenters. The van der Waals surface area contributed by atoms with E-state index in [0.29, 0.717) is 29.5 Å². The molecule has 1 aliphatic heterocycles. The van der Waals surface area contributed by atoms with Gasteiger partial charge in [0.25, 0.3) is 5.56 Å². The Kier molecular flexibility index (Phi) is 8.36. The Morgan fingerprint density at radius 1 is 0.868 bits per heavy atom. The Morgan fingerprint density at radius 3 is 1.97 bits per heavy atom. The van der Waals surface area contributed by atoms with E-state index in [4.69, 9.17) is 0 Å². The molecule has 38 heavy (non-hydrogen) atoms. The van der Waals surface area contributed by atoms with Crippen LogP contribution in [-0.4, -0.2) is 51.9 Å². The molecule has 1 N–H and O–H groups in total. The fourth-order valence-corrected chi connectivity index (χ4v) is 5.83. The van der Waals surface area contributed by atoms with Gasteiger partial charge in [0.1, 0.15) is 0 Å². The third kappa shape index (κ3) is 6.23. The van der Waals surface area contributed by atoms with Crippen LogP contribution in [-0.2, 0) is 17.0 Å². The second-order valence-electron chi connectivity index (χ2n) is 9.53. The first-order valence-electron chi connectivity index (χ1n) is 13.0. The molecule has 3 aromatic carbocycles. The van der Waals surface area contributed by atoms with Crippen LogP contribution in [0.5, 0.6) is 0 Å². The van der Waals surface area contributed by atoms with Gasteiger partial charge in [0.05, 0.1) is 12.5 Å². The van der Waals surface area contributed by atoms with E-state index in [1.807, 2.05) is 54.3 Å². The van der Waals surface area contributed by atoms with Crippen molar-refractivity contribution in [2.75, 3.05) is 26.2 Å². The first-order valence-corrected chi connectivity index (χ1v) is 14.0. The minimum atomic E-state index is -0.228. The molecule has 0 atom stereocenters. The monoisotopic (exact) mass is 524 g/mol. The molecule has 0 spiro atoms. The average molecular weight is 525 g/mol. The van der Waals surface area contributed by atoms with Crippen molar-refractivity contribution in [1.29, 1.82) is 0 Å². The Labute approximate surface area is 227 Å². The van der Waals surface area contributed by atoms with Crippen LogP contribution in [0, 0.1) is 6.92 Å². The number of thioether (sulfide) groups is 1. The Balaban J connectivity index is 1.22. The molecule has 1 aliphatic rings. The summed E-state index contributed by atoms with van der Waals surface area (Å²) in [6.07, 6.45) is 0.0681. The van der Waals surface area contributed by atoms with Crippen LogP contribution in [0.1, 0.15) is 34.0 Å². The molecule has 0 saturated carbocycles. The number of aryl methyl sites for hydroxylation is 1. The van der Waals surface area contributed by atoms with E-state index >= 15 is 0 Å². The van der Waals surface area contributed by atoms with Gasteiger partial charge in [-0.05, 0) is 23.6 Å². The van der Waals surface area contributed by atoms with E-state index in [1.165, 1.54) is 22.9 Å².